The Morgan fingerprint density at radius 3 is 2.38 bits per heavy atom. The fraction of sp³-hybridized carbons (Fsp3) is 0.294. The Labute approximate surface area is 134 Å². The molecule has 112 valence electrons. The summed E-state index contributed by atoms with van der Waals surface area (Å²) in [7, 11) is 5.30. The molecule has 0 radical (unpaired) electrons. The molecule has 0 fully saturated rings. The average Bonchev–Trinajstić information content (AvgIpc) is 2.51. The Balaban J connectivity index is 2.51. The minimum atomic E-state index is 0.0434. The highest BCUT2D eigenvalue weighted by Gasteiger charge is 2.18. The van der Waals surface area contributed by atoms with Crippen molar-refractivity contribution in [2.45, 2.75) is 13.0 Å². The zero-order valence-corrected chi connectivity index (χ0v) is 14.3. The molecule has 2 rings (SSSR count). The van der Waals surface area contributed by atoms with Crippen molar-refractivity contribution < 1.29 is 9.47 Å². The topological polar surface area (TPSA) is 30.5 Å². The number of benzene rings is 2. The standard InChI is InChI=1S/C17H20BrNO2/c1-11-9-12(5-7-15(11)18)17(19-2)14-10-13(20-3)6-8-16(14)21-4/h5-10,17,19H,1-4H3. The highest BCUT2D eigenvalue weighted by molar-refractivity contribution is 9.10. The summed E-state index contributed by atoms with van der Waals surface area (Å²) in [4.78, 5) is 0. The van der Waals surface area contributed by atoms with Gasteiger partial charge in [-0.15, -0.1) is 0 Å². The van der Waals surface area contributed by atoms with Crippen molar-refractivity contribution in [2.24, 2.45) is 0 Å². The summed E-state index contributed by atoms with van der Waals surface area (Å²) in [5.74, 6) is 1.66. The highest BCUT2D eigenvalue weighted by Crippen LogP contribution is 2.34. The third kappa shape index (κ3) is 3.39. The van der Waals surface area contributed by atoms with Crippen molar-refractivity contribution >= 4 is 15.9 Å². The molecule has 0 aliphatic rings. The predicted molar refractivity (Wildman–Crippen MR) is 89.3 cm³/mol. The Morgan fingerprint density at radius 2 is 1.81 bits per heavy atom. The lowest BCUT2D eigenvalue weighted by atomic mass is 9.96. The Bertz CT molecular complexity index is 628. The molecule has 0 aromatic heterocycles. The number of halogens is 1. The van der Waals surface area contributed by atoms with Gasteiger partial charge in [-0.05, 0) is 49.4 Å². The van der Waals surface area contributed by atoms with Gasteiger partial charge in [0, 0.05) is 10.0 Å². The molecule has 1 atom stereocenters. The van der Waals surface area contributed by atoms with Crippen molar-refractivity contribution in [2.75, 3.05) is 21.3 Å². The molecule has 2 aromatic carbocycles. The molecule has 0 saturated carbocycles. The number of hydrogen-bond donors (Lipinski definition) is 1. The second-order valence-corrected chi connectivity index (χ2v) is 5.69. The number of ether oxygens (including phenoxy) is 2. The maximum Gasteiger partial charge on any atom is 0.124 e. The number of rotatable bonds is 5. The number of aryl methyl sites for hydroxylation is 1. The number of hydrogen-bond acceptors (Lipinski definition) is 3. The van der Waals surface area contributed by atoms with Crippen LogP contribution in [-0.4, -0.2) is 21.3 Å². The molecule has 0 amide bonds. The van der Waals surface area contributed by atoms with Crippen LogP contribution >= 0.6 is 15.9 Å². The number of nitrogens with one attached hydrogen (secondary N) is 1. The van der Waals surface area contributed by atoms with Crippen LogP contribution in [0.3, 0.4) is 0 Å². The van der Waals surface area contributed by atoms with E-state index in [1.165, 1.54) is 11.1 Å². The van der Waals surface area contributed by atoms with Gasteiger partial charge in [-0.1, -0.05) is 28.1 Å². The second kappa shape index (κ2) is 6.96. The summed E-state index contributed by atoms with van der Waals surface area (Å²) in [6, 6.07) is 12.2. The quantitative estimate of drug-likeness (QED) is 0.881. The van der Waals surface area contributed by atoms with Crippen LogP contribution in [-0.2, 0) is 0 Å². The first-order valence-corrected chi connectivity index (χ1v) is 7.55. The lowest BCUT2D eigenvalue weighted by molar-refractivity contribution is 0.395. The van der Waals surface area contributed by atoms with Gasteiger partial charge in [0.25, 0.3) is 0 Å². The van der Waals surface area contributed by atoms with Crippen LogP contribution in [0.1, 0.15) is 22.7 Å². The summed E-state index contributed by atoms with van der Waals surface area (Å²) in [6.07, 6.45) is 0. The van der Waals surface area contributed by atoms with Gasteiger partial charge in [0.05, 0.1) is 20.3 Å². The van der Waals surface area contributed by atoms with E-state index in [9.17, 15) is 0 Å². The Morgan fingerprint density at radius 1 is 1.05 bits per heavy atom. The van der Waals surface area contributed by atoms with Crippen LogP contribution in [0.15, 0.2) is 40.9 Å². The van der Waals surface area contributed by atoms with Gasteiger partial charge in [-0.3, -0.25) is 0 Å². The van der Waals surface area contributed by atoms with Crippen LogP contribution < -0.4 is 14.8 Å². The van der Waals surface area contributed by atoms with Gasteiger partial charge in [0.1, 0.15) is 11.5 Å². The molecule has 3 nitrogen and oxygen atoms in total. The molecule has 21 heavy (non-hydrogen) atoms. The van der Waals surface area contributed by atoms with Gasteiger partial charge in [0.15, 0.2) is 0 Å². The molecule has 0 bridgehead atoms. The molecule has 1 unspecified atom stereocenters. The van der Waals surface area contributed by atoms with Crippen molar-refractivity contribution in [3.8, 4) is 11.5 Å². The van der Waals surface area contributed by atoms with Crippen LogP contribution in [0, 0.1) is 6.92 Å². The fourth-order valence-electron chi connectivity index (χ4n) is 2.41. The van der Waals surface area contributed by atoms with Crippen LogP contribution in [0.25, 0.3) is 0 Å². The molecular formula is C17H20BrNO2. The van der Waals surface area contributed by atoms with E-state index in [1.54, 1.807) is 14.2 Å². The van der Waals surface area contributed by atoms with Gasteiger partial charge in [0.2, 0.25) is 0 Å². The van der Waals surface area contributed by atoms with Gasteiger partial charge < -0.3 is 14.8 Å². The smallest absolute Gasteiger partial charge is 0.124 e. The van der Waals surface area contributed by atoms with E-state index in [0.717, 1.165) is 21.5 Å². The van der Waals surface area contributed by atoms with Crippen molar-refractivity contribution in [3.05, 3.63) is 57.6 Å². The summed E-state index contributed by atoms with van der Waals surface area (Å²) in [5, 5.41) is 3.36. The largest absolute Gasteiger partial charge is 0.497 e. The van der Waals surface area contributed by atoms with Crippen molar-refractivity contribution in [3.63, 3.8) is 0 Å². The lowest BCUT2D eigenvalue weighted by Gasteiger charge is -2.21. The van der Waals surface area contributed by atoms with Crippen LogP contribution in [0.5, 0.6) is 11.5 Å². The molecule has 1 N–H and O–H groups in total. The lowest BCUT2D eigenvalue weighted by Crippen LogP contribution is -2.18. The van der Waals surface area contributed by atoms with Crippen LogP contribution in [0.4, 0.5) is 0 Å². The highest BCUT2D eigenvalue weighted by atomic mass is 79.9. The van der Waals surface area contributed by atoms with Crippen molar-refractivity contribution in [1.29, 1.82) is 0 Å². The molecule has 0 aliphatic carbocycles. The number of methoxy groups -OCH3 is 2. The monoisotopic (exact) mass is 349 g/mol. The summed E-state index contributed by atoms with van der Waals surface area (Å²) in [5.41, 5.74) is 3.44. The van der Waals surface area contributed by atoms with E-state index >= 15 is 0 Å². The minimum Gasteiger partial charge on any atom is -0.497 e. The molecule has 0 aliphatic heterocycles. The van der Waals surface area contributed by atoms with E-state index in [0.29, 0.717) is 0 Å². The second-order valence-electron chi connectivity index (χ2n) is 4.84. The molecule has 0 spiro atoms. The zero-order valence-electron chi connectivity index (χ0n) is 12.7. The average molecular weight is 350 g/mol. The first-order valence-electron chi connectivity index (χ1n) is 6.76. The molecule has 0 saturated heterocycles. The Hall–Kier alpha value is -1.52. The minimum absolute atomic E-state index is 0.0434. The van der Waals surface area contributed by atoms with Gasteiger partial charge in [-0.25, -0.2) is 0 Å². The van der Waals surface area contributed by atoms with Crippen LogP contribution in [0.2, 0.25) is 0 Å². The zero-order chi connectivity index (χ0) is 15.4. The van der Waals surface area contributed by atoms with Crippen molar-refractivity contribution in [1.82, 2.24) is 5.32 Å². The van der Waals surface area contributed by atoms with E-state index in [4.69, 9.17) is 9.47 Å². The maximum atomic E-state index is 5.50. The first kappa shape index (κ1) is 15.9. The SMILES string of the molecule is CNC(c1ccc(Br)c(C)c1)c1cc(OC)ccc1OC. The summed E-state index contributed by atoms with van der Waals surface area (Å²) >= 11 is 3.54. The first-order chi connectivity index (χ1) is 10.1. The van der Waals surface area contributed by atoms with E-state index < -0.39 is 0 Å². The fourth-order valence-corrected chi connectivity index (χ4v) is 2.66. The molecule has 2 aromatic rings. The van der Waals surface area contributed by atoms with E-state index in [2.05, 4.69) is 46.4 Å². The molecule has 4 heteroatoms. The normalized spacial score (nSPS) is 12.0. The van der Waals surface area contributed by atoms with E-state index in [1.807, 2.05) is 25.2 Å². The summed E-state index contributed by atoms with van der Waals surface area (Å²) < 4.78 is 11.9. The Kier molecular flexibility index (Phi) is 5.26. The summed E-state index contributed by atoms with van der Waals surface area (Å²) in [6.45, 7) is 2.09. The van der Waals surface area contributed by atoms with Gasteiger partial charge >= 0.3 is 0 Å². The van der Waals surface area contributed by atoms with E-state index in [-0.39, 0.29) is 6.04 Å². The molecule has 0 heterocycles. The third-order valence-corrected chi connectivity index (χ3v) is 4.44. The molecular weight excluding hydrogens is 330 g/mol. The third-order valence-electron chi connectivity index (χ3n) is 3.55. The predicted octanol–water partition coefficient (Wildman–Crippen LogP) is 4.08. The van der Waals surface area contributed by atoms with Gasteiger partial charge in [-0.2, -0.15) is 0 Å². The maximum absolute atomic E-state index is 5.50.